The number of ether oxygens (including phenoxy) is 4. The van der Waals surface area contributed by atoms with Crippen molar-refractivity contribution in [2.45, 2.75) is 484 Å². The maximum atomic E-state index is 13.2. The van der Waals surface area contributed by atoms with Crippen LogP contribution in [0.4, 0.5) is 0 Å². The Kier molecular flexibility index (Phi) is 76.9. The molecule has 0 saturated heterocycles. The highest BCUT2D eigenvalue weighted by molar-refractivity contribution is 7.47. The van der Waals surface area contributed by atoms with Crippen LogP contribution in [0.15, 0.2) is 0 Å². The molecule has 0 fully saturated rings. The summed E-state index contributed by atoms with van der Waals surface area (Å²) in [7, 11) is -9.93. The molecule has 0 amide bonds. The Bertz CT molecular complexity index is 2030. The summed E-state index contributed by atoms with van der Waals surface area (Å²) in [5.41, 5.74) is 0. The Morgan fingerprint density at radius 1 is 0.255 bits per heavy atom. The molecule has 630 valence electrons. The summed E-state index contributed by atoms with van der Waals surface area (Å²) in [6.45, 7) is 9.73. The smallest absolute Gasteiger partial charge is 0.462 e. The van der Waals surface area contributed by atoms with Crippen LogP contribution in [-0.4, -0.2) is 96.7 Å². The average Bonchev–Trinajstić information content (AvgIpc) is 0.899. The highest BCUT2D eigenvalue weighted by Gasteiger charge is 2.30. The third-order valence-corrected chi connectivity index (χ3v) is 22.4. The number of aliphatic hydroxyl groups is 1. The maximum Gasteiger partial charge on any atom is 0.472 e. The Labute approximate surface area is 651 Å². The molecule has 5 atom stereocenters. The van der Waals surface area contributed by atoms with Crippen molar-refractivity contribution < 1.29 is 80.2 Å². The van der Waals surface area contributed by atoms with E-state index in [-0.39, 0.29) is 25.7 Å². The van der Waals surface area contributed by atoms with Gasteiger partial charge in [-0.1, -0.05) is 414 Å². The van der Waals surface area contributed by atoms with Gasteiger partial charge in [0.2, 0.25) is 0 Å². The first-order chi connectivity index (χ1) is 51.4. The molecule has 0 aromatic rings. The second kappa shape index (κ2) is 78.3. The second-order valence-corrected chi connectivity index (χ2v) is 35.1. The van der Waals surface area contributed by atoms with Crippen LogP contribution < -0.4 is 0 Å². The van der Waals surface area contributed by atoms with Gasteiger partial charge in [-0.2, -0.15) is 0 Å². The van der Waals surface area contributed by atoms with Crippen LogP contribution in [0.25, 0.3) is 0 Å². The largest absolute Gasteiger partial charge is 0.472 e. The van der Waals surface area contributed by atoms with Gasteiger partial charge >= 0.3 is 39.5 Å². The molecule has 0 aromatic heterocycles. The summed E-state index contributed by atoms with van der Waals surface area (Å²) < 4.78 is 69.0. The van der Waals surface area contributed by atoms with Crippen molar-refractivity contribution in [2.24, 2.45) is 11.8 Å². The van der Waals surface area contributed by atoms with Gasteiger partial charge in [0.05, 0.1) is 26.4 Å². The lowest BCUT2D eigenvalue weighted by Crippen LogP contribution is -2.30. The van der Waals surface area contributed by atoms with E-state index < -0.39 is 97.5 Å². The molecule has 0 aliphatic heterocycles. The van der Waals surface area contributed by atoms with Gasteiger partial charge in [0.1, 0.15) is 19.3 Å². The fourth-order valence-electron chi connectivity index (χ4n) is 13.6. The zero-order valence-corrected chi connectivity index (χ0v) is 71.5. The van der Waals surface area contributed by atoms with E-state index in [0.29, 0.717) is 25.7 Å². The van der Waals surface area contributed by atoms with E-state index in [1.54, 1.807) is 0 Å². The van der Waals surface area contributed by atoms with Crippen molar-refractivity contribution in [2.75, 3.05) is 39.6 Å². The van der Waals surface area contributed by atoms with Crippen LogP contribution in [0.5, 0.6) is 0 Å². The fourth-order valence-corrected chi connectivity index (χ4v) is 15.2. The predicted octanol–water partition coefficient (Wildman–Crippen LogP) is 26.6. The maximum absolute atomic E-state index is 13.2. The predicted molar refractivity (Wildman–Crippen MR) is 437 cm³/mol. The van der Waals surface area contributed by atoms with Crippen molar-refractivity contribution >= 4 is 39.5 Å². The molecule has 0 spiro atoms. The van der Waals surface area contributed by atoms with Crippen molar-refractivity contribution in [1.82, 2.24) is 0 Å². The number of hydrogen-bond donors (Lipinski definition) is 3. The quantitative estimate of drug-likeness (QED) is 0.0222. The molecule has 0 bridgehead atoms. The Morgan fingerprint density at radius 2 is 0.434 bits per heavy atom. The lowest BCUT2D eigenvalue weighted by molar-refractivity contribution is -0.161. The zero-order valence-electron chi connectivity index (χ0n) is 69.7. The van der Waals surface area contributed by atoms with Gasteiger partial charge in [-0.25, -0.2) is 9.13 Å². The molecular weight excluding hydrogens is 1380 g/mol. The van der Waals surface area contributed by atoms with Crippen molar-refractivity contribution in [1.29, 1.82) is 0 Å². The Hall–Kier alpha value is -1.94. The van der Waals surface area contributed by atoms with Gasteiger partial charge in [0.25, 0.3) is 0 Å². The minimum Gasteiger partial charge on any atom is -0.462 e. The Morgan fingerprint density at radius 3 is 0.642 bits per heavy atom. The third kappa shape index (κ3) is 80.1. The summed E-state index contributed by atoms with van der Waals surface area (Å²) in [5.74, 6) is -0.501. The number of rotatable bonds is 86. The first-order valence-electron chi connectivity index (χ1n) is 45.0. The van der Waals surface area contributed by atoms with Crippen LogP contribution >= 0.6 is 15.6 Å². The van der Waals surface area contributed by atoms with E-state index in [4.69, 9.17) is 37.0 Å². The van der Waals surface area contributed by atoms with Crippen LogP contribution in [-0.2, 0) is 65.4 Å². The minimum atomic E-state index is -4.97. The number of phosphoric ester groups is 2. The van der Waals surface area contributed by atoms with Gasteiger partial charge in [-0.15, -0.1) is 0 Å². The monoisotopic (exact) mass is 1550 g/mol. The van der Waals surface area contributed by atoms with E-state index in [1.807, 2.05) is 0 Å². The van der Waals surface area contributed by atoms with Crippen LogP contribution in [0.3, 0.4) is 0 Å². The van der Waals surface area contributed by atoms with E-state index >= 15 is 0 Å². The number of unbranched alkanes of at least 4 members (excludes halogenated alkanes) is 56. The van der Waals surface area contributed by atoms with Gasteiger partial charge in [0.15, 0.2) is 12.2 Å². The van der Waals surface area contributed by atoms with E-state index in [2.05, 4.69) is 41.5 Å². The topological polar surface area (TPSA) is 237 Å². The lowest BCUT2D eigenvalue weighted by atomic mass is 10.0. The van der Waals surface area contributed by atoms with Crippen LogP contribution in [0.2, 0.25) is 0 Å². The summed E-state index contributed by atoms with van der Waals surface area (Å²) in [6.07, 6.45) is 70.7. The molecule has 3 N–H and O–H groups in total. The number of phosphoric acid groups is 2. The van der Waals surface area contributed by atoms with Crippen LogP contribution in [0.1, 0.15) is 465 Å². The van der Waals surface area contributed by atoms with Crippen molar-refractivity contribution in [3.63, 3.8) is 0 Å². The molecular formula is C87H170O17P2. The second-order valence-electron chi connectivity index (χ2n) is 32.2. The average molecular weight is 1550 g/mol. The summed E-state index contributed by atoms with van der Waals surface area (Å²) in [4.78, 5) is 73.3. The molecule has 0 heterocycles. The fraction of sp³-hybridized carbons (Fsp3) is 0.954. The highest BCUT2D eigenvalue weighted by Crippen LogP contribution is 2.45. The number of esters is 4. The number of hydrogen-bond acceptors (Lipinski definition) is 15. The van der Waals surface area contributed by atoms with Crippen LogP contribution in [0, 0.1) is 11.8 Å². The van der Waals surface area contributed by atoms with Gasteiger partial charge in [-0.05, 0) is 37.5 Å². The summed E-state index contributed by atoms with van der Waals surface area (Å²) in [5, 5.41) is 10.7. The molecule has 0 radical (unpaired) electrons. The third-order valence-electron chi connectivity index (χ3n) is 20.5. The molecule has 0 aromatic carbocycles. The summed E-state index contributed by atoms with van der Waals surface area (Å²) in [6, 6.07) is 0. The summed E-state index contributed by atoms with van der Waals surface area (Å²) >= 11 is 0. The number of aliphatic hydroxyl groups excluding tert-OH is 1. The standard InChI is InChI=1S/C87H170O17P2/c1-7-9-11-13-15-17-19-21-22-25-29-33-40-46-52-58-64-70-85(90)98-76-82(103-86(91)71-65-59-53-47-41-34-30-27-24-23-26-28-32-37-43-49-55-61-67-79(3)4)77-101-105(93,94)99-73-81(88)74-100-106(95,96)102-78-83(75-97-84(89)69-63-57-51-45-39-31-20-18-16-14-12-10-8-2)104-87(92)72-66-60-54-48-42-36-35-38-44-50-56-62-68-80(5)6/h79-83,88H,7-78H2,1-6H3,(H,93,94)(H,95,96)/t81-,82-,83-/m1/s1. The molecule has 2 unspecified atom stereocenters. The zero-order chi connectivity index (χ0) is 77.8. The first-order valence-corrected chi connectivity index (χ1v) is 48.0. The molecule has 0 aliphatic carbocycles. The van der Waals surface area contributed by atoms with E-state index in [0.717, 1.165) is 102 Å². The normalized spacial score (nSPS) is 13.8. The minimum absolute atomic E-state index is 0.108. The molecule has 106 heavy (non-hydrogen) atoms. The number of carbonyl (C=O) groups excluding carboxylic acids is 4. The molecule has 0 saturated carbocycles. The molecule has 17 nitrogen and oxygen atoms in total. The lowest BCUT2D eigenvalue weighted by Gasteiger charge is -2.21. The Balaban J connectivity index is 5.25. The first kappa shape index (κ1) is 104. The van der Waals surface area contributed by atoms with E-state index in [9.17, 15) is 43.2 Å². The van der Waals surface area contributed by atoms with Crippen molar-refractivity contribution in [3.8, 4) is 0 Å². The molecule has 0 aliphatic rings. The number of carbonyl (C=O) groups is 4. The van der Waals surface area contributed by atoms with Crippen molar-refractivity contribution in [3.05, 3.63) is 0 Å². The SMILES string of the molecule is CCCCCCCCCCCCCCCCCCCC(=O)OC[C@H](COP(=O)(O)OC[C@@H](O)COP(=O)(O)OC[C@@H](COC(=O)CCCCCCCCCCCCCCC)OC(=O)CCCCCCCCCCCCCCC(C)C)OC(=O)CCCCCCCCCCCCCCCCCCCCC(C)C. The van der Waals surface area contributed by atoms with E-state index in [1.165, 1.54) is 283 Å². The van der Waals surface area contributed by atoms with Gasteiger partial charge in [-0.3, -0.25) is 37.3 Å². The molecule has 0 rings (SSSR count). The van der Waals surface area contributed by atoms with Gasteiger partial charge < -0.3 is 33.8 Å². The van der Waals surface area contributed by atoms with Gasteiger partial charge in [0, 0.05) is 25.7 Å². The highest BCUT2D eigenvalue weighted by atomic mass is 31.2. The molecule has 19 heteroatoms.